The first-order valence-corrected chi connectivity index (χ1v) is 7.15. The second-order valence-electron chi connectivity index (χ2n) is 5.11. The molecular formula is C17H17N3O2. The number of carbonyl (C=O) groups excluding carboxylic acids is 1. The Morgan fingerprint density at radius 3 is 2.64 bits per heavy atom. The third kappa shape index (κ3) is 2.99. The van der Waals surface area contributed by atoms with Crippen LogP contribution in [0.1, 0.15) is 17.3 Å². The molecule has 0 fully saturated rings. The van der Waals surface area contributed by atoms with E-state index in [0.717, 1.165) is 22.2 Å². The van der Waals surface area contributed by atoms with Crippen molar-refractivity contribution >= 4 is 16.8 Å². The van der Waals surface area contributed by atoms with Crippen LogP contribution in [0.15, 0.2) is 54.6 Å². The molecule has 0 aliphatic carbocycles. The van der Waals surface area contributed by atoms with Crippen molar-refractivity contribution in [3.63, 3.8) is 0 Å². The number of aromatic nitrogens is 2. The van der Waals surface area contributed by atoms with Gasteiger partial charge < -0.3 is 10.4 Å². The fourth-order valence-corrected chi connectivity index (χ4v) is 2.47. The van der Waals surface area contributed by atoms with E-state index in [2.05, 4.69) is 15.5 Å². The number of fused-ring (bicyclic) bond motifs is 1. The van der Waals surface area contributed by atoms with Crippen LogP contribution in [0.2, 0.25) is 0 Å². The topological polar surface area (TPSA) is 78.0 Å². The highest BCUT2D eigenvalue weighted by atomic mass is 16.3. The van der Waals surface area contributed by atoms with Gasteiger partial charge in [0.2, 0.25) is 5.91 Å². The number of H-pyrrole nitrogens is 1. The normalized spacial score (nSPS) is 12.2. The molecule has 112 valence electrons. The average Bonchev–Trinajstić information content (AvgIpc) is 2.96. The van der Waals surface area contributed by atoms with Gasteiger partial charge in [-0.05, 0) is 11.6 Å². The van der Waals surface area contributed by atoms with Gasteiger partial charge in [-0.25, -0.2) is 0 Å². The number of hydrogen-bond donors (Lipinski definition) is 3. The SMILES string of the molecule is O=C(Cc1[nH]nc2ccccc12)NC(CO)c1ccccc1. The van der Waals surface area contributed by atoms with Crippen LogP contribution < -0.4 is 5.32 Å². The minimum atomic E-state index is -0.400. The van der Waals surface area contributed by atoms with E-state index < -0.39 is 6.04 Å². The molecule has 0 radical (unpaired) electrons. The third-order valence-electron chi connectivity index (χ3n) is 3.60. The molecule has 5 nitrogen and oxygen atoms in total. The minimum absolute atomic E-state index is 0.139. The van der Waals surface area contributed by atoms with Crippen molar-refractivity contribution in [1.29, 1.82) is 0 Å². The lowest BCUT2D eigenvalue weighted by Crippen LogP contribution is -2.32. The van der Waals surface area contributed by atoms with Crippen molar-refractivity contribution in [3.05, 3.63) is 65.9 Å². The molecule has 0 saturated heterocycles. The molecule has 0 bridgehead atoms. The molecule has 0 aliphatic heterocycles. The Labute approximate surface area is 128 Å². The van der Waals surface area contributed by atoms with Gasteiger partial charge in [0.25, 0.3) is 0 Å². The monoisotopic (exact) mass is 295 g/mol. The van der Waals surface area contributed by atoms with Crippen LogP contribution in [0.25, 0.3) is 10.9 Å². The molecule has 1 heterocycles. The predicted molar refractivity (Wildman–Crippen MR) is 84.2 cm³/mol. The number of rotatable bonds is 5. The zero-order chi connectivity index (χ0) is 15.4. The Hall–Kier alpha value is -2.66. The van der Waals surface area contributed by atoms with E-state index in [1.807, 2.05) is 54.6 Å². The van der Waals surface area contributed by atoms with E-state index in [1.165, 1.54) is 0 Å². The van der Waals surface area contributed by atoms with Crippen LogP contribution in [0, 0.1) is 0 Å². The van der Waals surface area contributed by atoms with Crippen molar-refractivity contribution in [3.8, 4) is 0 Å². The van der Waals surface area contributed by atoms with Gasteiger partial charge in [-0.2, -0.15) is 5.10 Å². The number of benzene rings is 2. The van der Waals surface area contributed by atoms with Gasteiger partial charge in [-0.3, -0.25) is 9.89 Å². The number of aliphatic hydroxyl groups is 1. The summed E-state index contributed by atoms with van der Waals surface area (Å²) in [6.07, 6.45) is 0.198. The standard InChI is InChI=1S/C17H17N3O2/c21-11-16(12-6-2-1-3-7-12)18-17(22)10-15-13-8-4-5-9-14(13)19-20-15/h1-9,16,21H,10-11H2,(H,18,22)(H,19,20). The Morgan fingerprint density at radius 2 is 1.86 bits per heavy atom. The van der Waals surface area contributed by atoms with Crippen LogP contribution in [-0.2, 0) is 11.2 Å². The zero-order valence-corrected chi connectivity index (χ0v) is 12.0. The number of aliphatic hydroxyl groups excluding tert-OH is 1. The zero-order valence-electron chi connectivity index (χ0n) is 12.0. The van der Waals surface area contributed by atoms with Gasteiger partial charge in [0.05, 0.1) is 30.3 Å². The lowest BCUT2D eigenvalue weighted by Gasteiger charge is -2.16. The lowest BCUT2D eigenvalue weighted by atomic mass is 10.1. The first-order valence-electron chi connectivity index (χ1n) is 7.15. The molecule has 0 saturated carbocycles. The molecule has 1 unspecified atom stereocenters. The van der Waals surface area contributed by atoms with Gasteiger partial charge in [0.15, 0.2) is 0 Å². The quantitative estimate of drug-likeness (QED) is 0.673. The van der Waals surface area contributed by atoms with Crippen molar-refractivity contribution < 1.29 is 9.90 Å². The number of amides is 1. The summed E-state index contributed by atoms with van der Waals surface area (Å²) in [5, 5.41) is 20.4. The Balaban J connectivity index is 1.72. The van der Waals surface area contributed by atoms with E-state index in [0.29, 0.717) is 0 Å². The highest BCUT2D eigenvalue weighted by molar-refractivity contribution is 5.87. The Bertz CT molecular complexity index is 768. The second-order valence-corrected chi connectivity index (χ2v) is 5.11. The van der Waals surface area contributed by atoms with Gasteiger partial charge in [-0.1, -0.05) is 48.5 Å². The van der Waals surface area contributed by atoms with Gasteiger partial charge in [0.1, 0.15) is 0 Å². The summed E-state index contributed by atoms with van der Waals surface area (Å²) >= 11 is 0. The van der Waals surface area contributed by atoms with E-state index in [1.54, 1.807) is 0 Å². The summed E-state index contributed by atoms with van der Waals surface area (Å²) in [7, 11) is 0. The summed E-state index contributed by atoms with van der Waals surface area (Å²) in [4.78, 5) is 12.2. The van der Waals surface area contributed by atoms with E-state index in [-0.39, 0.29) is 18.9 Å². The van der Waals surface area contributed by atoms with Crippen LogP contribution in [0.4, 0.5) is 0 Å². The van der Waals surface area contributed by atoms with Crippen LogP contribution >= 0.6 is 0 Å². The Morgan fingerprint density at radius 1 is 1.14 bits per heavy atom. The molecule has 2 aromatic carbocycles. The molecule has 3 rings (SSSR count). The van der Waals surface area contributed by atoms with Gasteiger partial charge >= 0.3 is 0 Å². The largest absolute Gasteiger partial charge is 0.394 e. The number of hydrogen-bond acceptors (Lipinski definition) is 3. The Kier molecular flexibility index (Phi) is 4.16. The highest BCUT2D eigenvalue weighted by Gasteiger charge is 2.15. The first-order chi connectivity index (χ1) is 10.8. The van der Waals surface area contributed by atoms with Crippen LogP contribution in [0.5, 0.6) is 0 Å². The van der Waals surface area contributed by atoms with Gasteiger partial charge in [-0.15, -0.1) is 0 Å². The summed E-state index contributed by atoms with van der Waals surface area (Å²) in [5.41, 5.74) is 2.50. The maximum Gasteiger partial charge on any atom is 0.226 e. The molecule has 22 heavy (non-hydrogen) atoms. The third-order valence-corrected chi connectivity index (χ3v) is 3.60. The number of nitrogens with zero attached hydrogens (tertiary/aromatic N) is 1. The van der Waals surface area contributed by atoms with E-state index in [9.17, 15) is 9.90 Å². The molecular weight excluding hydrogens is 278 g/mol. The fourth-order valence-electron chi connectivity index (χ4n) is 2.47. The highest BCUT2D eigenvalue weighted by Crippen LogP contribution is 2.16. The van der Waals surface area contributed by atoms with Crippen molar-refractivity contribution in [2.45, 2.75) is 12.5 Å². The molecule has 3 N–H and O–H groups in total. The first kappa shape index (κ1) is 14.3. The fraction of sp³-hybridized carbons (Fsp3) is 0.176. The summed E-state index contributed by atoms with van der Waals surface area (Å²) in [6, 6.07) is 16.7. The summed E-state index contributed by atoms with van der Waals surface area (Å²) in [5.74, 6) is -0.155. The number of para-hydroxylation sites is 1. The maximum atomic E-state index is 12.2. The van der Waals surface area contributed by atoms with Crippen molar-refractivity contribution in [2.75, 3.05) is 6.61 Å². The molecule has 3 aromatic rings. The minimum Gasteiger partial charge on any atom is -0.394 e. The number of aromatic amines is 1. The van der Waals surface area contributed by atoms with E-state index in [4.69, 9.17) is 0 Å². The smallest absolute Gasteiger partial charge is 0.226 e. The molecule has 1 atom stereocenters. The van der Waals surface area contributed by atoms with Crippen molar-refractivity contribution in [1.82, 2.24) is 15.5 Å². The number of carbonyl (C=O) groups is 1. The second kappa shape index (κ2) is 6.41. The van der Waals surface area contributed by atoms with Crippen molar-refractivity contribution in [2.24, 2.45) is 0 Å². The van der Waals surface area contributed by atoms with Gasteiger partial charge in [0, 0.05) is 5.39 Å². The van der Waals surface area contributed by atoms with E-state index >= 15 is 0 Å². The molecule has 1 aromatic heterocycles. The lowest BCUT2D eigenvalue weighted by molar-refractivity contribution is -0.121. The molecule has 0 spiro atoms. The predicted octanol–water partition coefficient (Wildman–Crippen LogP) is 1.96. The molecule has 0 aliphatic rings. The number of nitrogens with one attached hydrogen (secondary N) is 2. The van der Waals surface area contributed by atoms with Crippen LogP contribution in [-0.4, -0.2) is 27.8 Å². The van der Waals surface area contributed by atoms with Crippen LogP contribution in [0.3, 0.4) is 0 Å². The average molecular weight is 295 g/mol. The molecule has 1 amide bonds. The maximum absolute atomic E-state index is 12.2. The molecule has 5 heteroatoms. The summed E-state index contributed by atoms with van der Waals surface area (Å²) in [6.45, 7) is -0.139. The summed E-state index contributed by atoms with van der Waals surface area (Å²) < 4.78 is 0.